The lowest BCUT2D eigenvalue weighted by molar-refractivity contribution is 0.0690. The number of para-hydroxylation sites is 2. The average Bonchev–Trinajstić information content (AvgIpc) is 3.08. The lowest BCUT2D eigenvalue weighted by Gasteiger charge is -2.35. The van der Waals surface area contributed by atoms with Crippen LogP contribution in [0.4, 0.5) is 5.82 Å². The fraction of sp³-hybridized carbons (Fsp3) is 0.471. The molecule has 0 spiro atoms. The van der Waals surface area contributed by atoms with Crippen LogP contribution in [0.3, 0.4) is 0 Å². The van der Waals surface area contributed by atoms with E-state index in [2.05, 4.69) is 10.2 Å². The molecule has 0 amide bonds. The molecule has 1 unspecified atom stereocenters. The number of carbonyl (C=O) groups is 1. The second-order valence-electron chi connectivity index (χ2n) is 5.99. The number of piperidine rings is 1. The van der Waals surface area contributed by atoms with E-state index in [0.717, 1.165) is 19.3 Å². The summed E-state index contributed by atoms with van der Waals surface area (Å²) in [4.78, 5) is 15.0. The van der Waals surface area contributed by atoms with E-state index in [0.29, 0.717) is 30.2 Å². The number of aromatic carboxylic acids is 1. The monoisotopic (exact) mass is 346 g/mol. The maximum atomic E-state index is 11.7. The lowest BCUT2D eigenvalue weighted by Crippen LogP contribution is -2.41. The van der Waals surface area contributed by atoms with Crippen molar-refractivity contribution in [1.82, 2.24) is 15.0 Å². The molecule has 8 nitrogen and oxygen atoms in total. The Morgan fingerprint density at radius 1 is 1.32 bits per heavy atom. The van der Waals surface area contributed by atoms with Crippen LogP contribution in [0.5, 0.6) is 5.75 Å². The summed E-state index contributed by atoms with van der Waals surface area (Å²) in [7, 11) is 1.54. The summed E-state index contributed by atoms with van der Waals surface area (Å²) in [6, 6.07) is 7.26. The van der Waals surface area contributed by atoms with Gasteiger partial charge in [0.2, 0.25) is 5.69 Å². The number of carboxylic acids is 1. The van der Waals surface area contributed by atoms with Crippen LogP contribution in [0.15, 0.2) is 24.3 Å². The third-order valence-electron chi connectivity index (χ3n) is 4.46. The molecule has 1 atom stereocenters. The topological polar surface area (TPSA) is 101 Å². The van der Waals surface area contributed by atoms with Gasteiger partial charge in [0.15, 0.2) is 5.82 Å². The average molecular weight is 346 g/mol. The molecule has 0 saturated carbocycles. The molecule has 1 aliphatic heterocycles. The van der Waals surface area contributed by atoms with Gasteiger partial charge in [-0.3, -0.25) is 0 Å². The number of carboxylic acid groups (broad SMARTS) is 1. The fourth-order valence-corrected chi connectivity index (χ4v) is 3.26. The number of methoxy groups -OCH3 is 1. The summed E-state index contributed by atoms with van der Waals surface area (Å²) in [6.07, 6.45) is 3.51. The van der Waals surface area contributed by atoms with Gasteiger partial charge in [-0.05, 0) is 37.8 Å². The van der Waals surface area contributed by atoms with Crippen molar-refractivity contribution in [3.05, 3.63) is 30.0 Å². The molecule has 1 saturated heterocycles. The summed E-state index contributed by atoms with van der Waals surface area (Å²) in [5.41, 5.74) is 0.491. The van der Waals surface area contributed by atoms with E-state index in [1.54, 1.807) is 19.2 Å². The molecule has 1 fully saturated rings. The highest BCUT2D eigenvalue weighted by Crippen LogP contribution is 2.29. The normalized spacial score (nSPS) is 17.5. The minimum atomic E-state index is -1.12. The van der Waals surface area contributed by atoms with E-state index in [4.69, 9.17) is 4.74 Å². The number of hydrogen-bond donors (Lipinski definition) is 2. The predicted molar refractivity (Wildman–Crippen MR) is 91.6 cm³/mol. The van der Waals surface area contributed by atoms with Gasteiger partial charge < -0.3 is 19.8 Å². The zero-order valence-electron chi connectivity index (χ0n) is 14.1. The van der Waals surface area contributed by atoms with Crippen molar-refractivity contribution in [3.8, 4) is 11.4 Å². The summed E-state index contributed by atoms with van der Waals surface area (Å²) < 4.78 is 5.32. The molecular formula is C17H22N4O4. The molecule has 2 heterocycles. The molecule has 0 radical (unpaired) electrons. The van der Waals surface area contributed by atoms with Gasteiger partial charge in [-0.15, -0.1) is 15.0 Å². The van der Waals surface area contributed by atoms with Crippen LogP contribution in [0.2, 0.25) is 0 Å². The largest absolute Gasteiger partial charge is 0.494 e. The van der Waals surface area contributed by atoms with Crippen molar-refractivity contribution in [2.45, 2.75) is 31.7 Å². The maximum absolute atomic E-state index is 11.7. The van der Waals surface area contributed by atoms with Gasteiger partial charge in [-0.25, -0.2) is 4.79 Å². The van der Waals surface area contributed by atoms with Crippen LogP contribution in [0.1, 0.15) is 36.2 Å². The Labute approximate surface area is 145 Å². The highest BCUT2D eigenvalue weighted by atomic mass is 16.5. The van der Waals surface area contributed by atoms with Crippen molar-refractivity contribution >= 4 is 11.8 Å². The van der Waals surface area contributed by atoms with E-state index in [9.17, 15) is 15.0 Å². The first-order valence-corrected chi connectivity index (χ1v) is 8.37. The molecule has 3 rings (SSSR count). The summed E-state index contributed by atoms with van der Waals surface area (Å²) in [5.74, 6) is -0.215. The molecular weight excluding hydrogens is 324 g/mol. The zero-order chi connectivity index (χ0) is 17.8. The van der Waals surface area contributed by atoms with Crippen LogP contribution >= 0.6 is 0 Å². The first kappa shape index (κ1) is 17.2. The van der Waals surface area contributed by atoms with Crippen LogP contribution in [0, 0.1) is 0 Å². The Bertz CT molecular complexity index is 744. The first-order chi connectivity index (χ1) is 12.2. The Hall–Kier alpha value is -2.61. The molecule has 2 N–H and O–H groups in total. The van der Waals surface area contributed by atoms with Gasteiger partial charge in [-0.1, -0.05) is 12.1 Å². The molecule has 2 aromatic rings. The third-order valence-corrected chi connectivity index (χ3v) is 4.46. The van der Waals surface area contributed by atoms with Gasteiger partial charge in [0.05, 0.1) is 7.11 Å². The molecule has 0 bridgehead atoms. The number of rotatable bonds is 6. The Kier molecular flexibility index (Phi) is 5.18. The molecule has 1 aromatic heterocycles. The van der Waals surface area contributed by atoms with E-state index in [1.165, 1.54) is 4.80 Å². The summed E-state index contributed by atoms with van der Waals surface area (Å²) in [5, 5.41) is 27.5. The van der Waals surface area contributed by atoms with E-state index < -0.39 is 5.97 Å². The van der Waals surface area contributed by atoms with Crippen LogP contribution < -0.4 is 9.64 Å². The highest BCUT2D eigenvalue weighted by Gasteiger charge is 2.30. The summed E-state index contributed by atoms with van der Waals surface area (Å²) >= 11 is 0. The van der Waals surface area contributed by atoms with Gasteiger partial charge in [0.25, 0.3) is 0 Å². The predicted octanol–water partition coefficient (Wildman–Crippen LogP) is 1.72. The lowest BCUT2D eigenvalue weighted by atomic mass is 9.99. The van der Waals surface area contributed by atoms with E-state index >= 15 is 0 Å². The van der Waals surface area contributed by atoms with Gasteiger partial charge >= 0.3 is 5.97 Å². The molecule has 0 aliphatic carbocycles. The number of nitrogens with zero attached hydrogens (tertiary/aromatic N) is 4. The standard InChI is InChI=1S/C17H22N4O4/c1-25-14-8-3-2-7-13(14)21-18-15(17(23)24)16(19-21)20-10-5-4-6-12(20)9-11-22/h2-3,7-8,12,22H,4-6,9-11H2,1H3,(H,23,24). The third kappa shape index (κ3) is 3.43. The number of aromatic nitrogens is 3. The molecule has 1 aliphatic rings. The van der Waals surface area contributed by atoms with E-state index in [-0.39, 0.29) is 18.3 Å². The summed E-state index contributed by atoms with van der Waals surface area (Å²) in [6.45, 7) is 0.764. The molecule has 1 aromatic carbocycles. The van der Waals surface area contributed by atoms with Crippen molar-refractivity contribution < 1.29 is 19.7 Å². The zero-order valence-corrected chi connectivity index (χ0v) is 14.1. The quantitative estimate of drug-likeness (QED) is 0.821. The van der Waals surface area contributed by atoms with Crippen molar-refractivity contribution in [1.29, 1.82) is 0 Å². The van der Waals surface area contributed by atoms with Crippen LogP contribution in [-0.2, 0) is 0 Å². The SMILES string of the molecule is COc1ccccc1-n1nc(C(=O)O)c(N2CCCCC2CCO)n1. The Morgan fingerprint density at radius 3 is 2.84 bits per heavy atom. The molecule has 25 heavy (non-hydrogen) atoms. The van der Waals surface area contributed by atoms with Crippen LogP contribution in [0.25, 0.3) is 5.69 Å². The smallest absolute Gasteiger partial charge is 0.360 e. The van der Waals surface area contributed by atoms with Crippen LogP contribution in [-0.4, -0.2) is 57.5 Å². The minimum absolute atomic E-state index is 0.0597. The number of benzene rings is 1. The number of aliphatic hydroxyl groups is 1. The fourth-order valence-electron chi connectivity index (χ4n) is 3.26. The van der Waals surface area contributed by atoms with Gasteiger partial charge in [0.1, 0.15) is 11.4 Å². The second kappa shape index (κ2) is 7.52. The van der Waals surface area contributed by atoms with E-state index in [1.807, 2.05) is 17.0 Å². The second-order valence-corrected chi connectivity index (χ2v) is 5.99. The van der Waals surface area contributed by atoms with Gasteiger partial charge in [0, 0.05) is 19.2 Å². The number of aliphatic hydroxyl groups excluding tert-OH is 1. The number of ether oxygens (including phenoxy) is 1. The number of hydrogen-bond acceptors (Lipinski definition) is 6. The number of anilines is 1. The minimum Gasteiger partial charge on any atom is -0.494 e. The Morgan fingerprint density at radius 2 is 2.12 bits per heavy atom. The Balaban J connectivity index is 2.04. The molecule has 8 heteroatoms. The highest BCUT2D eigenvalue weighted by molar-refractivity contribution is 5.91. The molecule has 134 valence electrons. The van der Waals surface area contributed by atoms with Crippen molar-refractivity contribution in [3.63, 3.8) is 0 Å². The first-order valence-electron chi connectivity index (χ1n) is 8.37. The van der Waals surface area contributed by atoms with Gasteiger partial charge in [-0.2, -0.15) is 0 Å². The van der Waals surface area contributed by atoms with Crippen molar-refractivity contribution in [2.75, 3.05) is 25.2 Å². The maximum Gasteiger partial charge on any atom is 0.360 e. The van der Waals surface area contributed by atoms with Crippen molar-refractivity contribution in [2.24, 2.45) is 0 Å².